The van der Waals surface area contributed by atoms with E-state index in [0.29, 0.717) is 16.7 Å². The lowest BCUT2D eigenvalue weighted by molar-refractivity contribution is -0.274. The number of fused-ring (bicyclic) bond motifs is 1. The maximum atomic E-state index is 13.7. The minimum absolute atomic E-state index is 0.0108. The highest BCUT2D eigenvalue weighted by Crippen LogP contribution is 2.32. The maximum Gasteiger partial charge on any atom is 0.573 e. The first kappa shape index (κ1) is 19.0. The van der Waals surface area contributed by atoms with Gasteiger partial charge in [0.2, 0.25) is 5.78 Å². The molecule has 0 amide bonds. The first-order valence-corrected chi connectivity index (χ1v) is 7.68. The summed E-state index contributed by atoms with van der Waals surface area (Å²) in [6.07, 6.45) is -0.993. The van der Waals surface area contributed by atoms with Gasteiger partial charge in [0.05, 0.1) is 12.8 Å². The lowest BCUT2D eigenvalue weighted by Crippen LogP contribution is -2.17. The van der Waals surface area contributed by atoms with Gasteiger partial charge in [-0.2, -0.15) is 8.78 Å². The second-order valence-corrected chi connectivity index (χ2v) is 5.84. The molecule has 0 aliphatic heterocycles. The fraction of sp³-hybridized carbons (Fsp3) is 0.294. The molecule has 2 heterocycles. The molecule has 5 nitrogen and oxygen atoms in total. The molecule has 0 saturated carbocycles. The van der Waals surface area contributed by atoms with Gasteiger partial charge in [-0.05, 0) is 23.3 Å². The lowest BCUT2D eigenvalue weighted by Gasteiger charge is -2.14. The Morgan fingerprint density at radius 3 is 2.41 bits per heavy atom. The Morgan fingerprint density at radius 1 is 1.07 bits per heavy atom. The number of alkyl halides is 5. The highest BCUT2D eigenvalue weighted by molar-refractivity contribution is 5.68. The first-order chi connectivity index (χ1) is 12.6. The van der Waals surface area contributed by atoms with E-state index in [9.17, 15) is 22.0 Å². The summed E-state index contributed by atoms with van der Waals surface area (Å²) in [6.45, 7) is 0.728. The normalized spacial score (nSPS) is 12.6. The molecule has 144 valence electrons. The number of aromatic nitrogens is 3. The molecule has 0 bridgehead atoms. The third-order valence-electron chi connectivity index (χ3n) is 3.74. The summed E-state index contributed by atoms with van der Waals surface area (Å²) in [5.41, 5.74) is 0.916. The van der Waals surface area contributed by atoms with Gasteiger partial charge < -0.3 is 9.47 Å². The molecule has 0 unspecified atom stereocenters. The minimum atomic E-state index is -4.83. The van der Waals surface area contributed by atoms with Crippen LogP contribution in [0.25, 0.3) is 16.9 Å². The predicted octanol–water partition coefficient (Wildman–Crippen LogP) is 4.55. The van der Waals surface area contributed by atoms with Crippen molar-refractivity contribution < 1.29 is 31.4 Å². The molecule has 3 aromatic rings. The number of methoxy groups -OCH3 is 1. The lowest BCUT2D eigenvalue weighted by atomic mass is 10.0. The van der Waals surface area contributed by atoms with E-state index >= 15 is 0 Å². The molecule has 0 N–H and O–H groups in total. The van der Waals surface area contributed by atoms with Crippen molar-refractivity contribution in [1.29, 1.82) is 0 Å². The van der Waals surface area contributed by atoms with Gasteiger partial charge >= 0.3 is 6.36 Å². The summed E-state index contributed by atoms with van der Waals surface area (Å²) in [7, 11) is 1.38. The Labute approximate surface area is 150 Å². The van der Waals surface area contributed by atoms with Crippen molar-refractivity contribution in [3.63, 3.8) is 0 Å². The van der Waals surface area contributed by atoms with Gasteiger partial charge in [-0.1, -0.05) is 6.07 Å². The van der Waals surface area contributed by atoms with Gasteiger partial charge in [-0.3, -0.25) is 4.40 Å². The monoisotopic (exact) mass is 387 g/mol. The number of imidazole rings is 1. The second-order valence-electron chi connectivity index (χ2n) is 5.84. The van der Waals surface area contributed by atoms with Crippen LogP contribution in [0.15, 0.2) is 36.8 Å². The van der Waals surface area contributed by atoms with Crippen LogP contribution in [0.4, 0.5) is 22.0 Å². The van der Waals surface area contributed by atoms with Crippen molar-refractivity contribution in [3.05, 3.63) is 48.0 Å². The Balaban J connectivity index is 2.09. The Morgan fingerprint density at radius 2 is 1.78 bits per heavy atom. The van der Waals surface area contributed by atoms with Crippen molar-refractivity contribution in [3.8, 4) is 16.9 Å². The molecule has 0 atom stereocenters. The summed E-state index contributed by atoms with van der Waals surface area (Å²) in [5.74, 6) is -3.46. The van der Waals surface area contributed by atoms with Crippen molar-refractivity contribution in [2.24, 2.45) is 0 Å². The number of benzene rings is 1. The van der Waals surface area contributed by atoms with E-state index < -0.39 is 18.0 Å². The molecule has 10 heteroatoms. The summed E-state index contributed by atoms with van der Waals surface area (Å²) in [6, 6.07) is 3.70. The zero-order valence-corrected chi connectivity index (χ0v) is 14.2. The first-order valence-electron chi connectivity index (χ1n) is 7.68. The largest absolute Gasteiger partial charge is 0.573 e. The van der Waals surface area contributed by atoms with Crippen molar-refractivity contribution >= 4 is 5.78 Å². The second kappa shape index (κ2) is 6.76. The number of hydrogen-bond acceptors (Lipinski definition) is 4. The molecule has 0 spiro atoms. The fourth-order valence-electron chi connectivity index (χ4n) is 2.66. The van der Waals surface area contributed by atoms with Gasteiger partial charge in [0.15, 0.2) is 0 Å². The van der Waals surface area contributed by atoms with E-state index in [1.54, 1.807) is 0 Å². The molecule has 3 rings (SSSR count). The zero-order valence-electron chi connectivity index (χ0n) is 14.2. The molecule has 1 aromatic carbocycles. The molecule has 2 aromatic heterocycles. The summed E-state index contributed by atoms with van der Waals surface area (Å²) < 4.78 is 74.8. The average molecular weight is 387 g/mol. The van der Waals surface area contributed by atoms with Crippen LogP contribution in [-0.2, 0) is 17.3 Å². The summed E-state index contributed by atoms with van der Waals surface area (Å²) >= 11 is 0. The quantitative estimate of drug-likeness (QED) is 0.603. The Bertz CT molecular complexity index is 963. The van der Waals surface area contributed by atoms with E-state index in [2.05, 4.69) is 14.7 Å². The van der Waals surface area contributed by atoms with E-state index in [1.165, 1.54) is 31.6 Å². The van der Waals surface area contributed by atoms with Gasteiger partial charge in [0, 0.05) is 32.0 Å². The van der Waals surface area contributed by atoms with Crippen molar-refractivity contribution in [2.75, 3.05) is 7.11 Å². The average Bonchev–Trinajstić information content (AvgIpc) is 2.97. The number of nitrogens with zero attached hydrogens (tertiary/aromatic N) is 3. The van der Waals surface area contributed by atoms with E-state index in [-0.39, 0.29) is 18.1 Å². The molecule has 0 aliphatic rings. The SMILES string of the molecule is COCc1cc(OC(F)(F)F)ccc1-c1cnc2ncc(C(C)(F)F)n2c1. The van der Waals surface area contributed by atoms with Crippen molar-refractivity contribution in [2.45, 2.75) is 25.8 Å². The smallest absolute Gasteiger partial charge is 0.406 e. The maximum absolute atomic E-state index is 13.7. The zero-order chi connectivity index (χ0) is 19.8. The van der Waals surface area contributed by atoms with Crippen LogP contribution in [0.2, 0.25) is 0 Å². The van der Waals surface area contributed by atoms with E-state index in [1.807, 2.05) is 0 Å². The number of halogens is 5. The predicted molar refractivity (Wildman–Crippen MR) is 85.4 cm³/mol. The number of rotatable bonds is 5. The summed E-state index contributed by atoms with van der Waals surface area (Å²) in [5, 5.41) is 0. The van der Waals surface area contributed by atoms with Crippen LogP contribution >= 0.6 is 0 Å². The molecular weight excluding hydrogens is 373 g/mol. The molecule has 0 saturated heterocycles. The van der Waals surface area contributed by atoms with E-state index in [4.69, 9.17) is 4.74 Å². The molecule has 0 radical (unpaired) electrons. The van der Waals surface area contributed by atoms with E-state index in [0.717, 1.165) is 23.6 Å². The van der Waals surface area contributed by atoms with Crippen molar-refractivity contribution in [1.82, 2.24) is 14.4 Å². The highest BCUT2D eigenvalue weighted by Gasteiger charge is 2.31. The third kappa shape index (κ3) is 4.16. The molecular formula is C17H14F5N3O2. The third-order valence-corrected chi connectivity index (χ3v) is 3.74. The van der Waals surface area contributed by atoms with Crippen LogP contribution in [0.5, 0.6) is 5.75 Å². The topological polar surface area (TPSA) is 48.7 Å². The molecule has 27 heavy (non-hydrogen) atoms. The summed E-state index contributed by atoms with van der Waals surface area (Å²) in [4.78, 5) is 7.88. The fourth-order valence-corrected chi connectivity index (χ4v) is 2.66. The minimum Gasteiger partial charge on any atom is -0.406 e. The molecule has 0 fully saturated rings. The number of hydrogen-bond donors (Lipinski definition) is 0. The standard InChI is InChI=1S/C17H14F5N3O2/c1-16(18,19)14-7-24-15-23-6-11(8-25(14)15)13-4-3-12(27-17(20,21)22)5-10(13)9-26-2/h3-8H,9H2,1-2H3. The van der Waals surface area contributed by atoms with Crippen LogP contribution in [0.3, 0.4) is 0 Å². The van der Waals surface area contributed by atoms with Gasteiger partial charge in [0.25, 0.3) is 5.92 Å². The van der Waals surface area contributed by atoms with Crippen LogP contribution in [0.1, 0.15) is 18.2 Å². The van der Waals surface area contributed by atoms with Gasteiger partial charge in [-0.15, -0.1) is 13.2 Å². The highest BCUT2D eigenvalue weighted by atomic mass is 19.4. The van der Waals surface area contributed by atoms with Crippen LogP contribution in [0, 0.1) is 0 Å². The van der Waals surface area contributed by atoms with Crippen LogP contribution < -0.4 is 4.74 Å². The Kier molecular flexibility index (Phi) is 4.77. The molecule has 0 aliphatic carbocycles. The number of ether oxygens (including phenoxy) is 2. The van der Waals surface area contributed by atoms with Crippen LogP contribution in [-0.4, -0.2) is 27.8 Å². The Hall–Kier alpha value is -2.75. The van der Waals surface area contributed by atoms with Gasteiger partial charge in [-0.25, -0.2) is 9.97 Å². The van der Waals surface area contributed by atoms with Gasteiger partial charge in [0.1, 0.15) is 11.4 Å².